The van der Waals surface area contributed by atoms with Crippen molar-refractivity contribution in [1.29, 1.82) is 0 Å². The molecule has 0 unspecified atom stereocenters. The third kappa shape index (κ3) is 2.87. The number of hydrogen-bond donors (Lipinski definition) is 1. The van der Waals surface area contributed by atoms with Crippen molar-refractivity contribution < 1.29 is 4.74 Å². The minimum Gasteiger partial charge on any atom is -0.496 e. The molecule has 3 rings (SSSR count). The monoisotopic (exact) mass is 289 g/mol. The molecule has 1 aromatic carbocycles. The largest absolute Gasteiger partial charge is 0.496 e. The van der Waals surface area contributed by atoms with E-state index in [9.17, 15) is 0 Å². The minimum atomic E-state index is 0.661. The van der Waals surface area contributed by atoms with Gasteiger partial charge in [0, 0.05) is 30.9 Å². The molecule has 1 fully saturated rings. The smallest absolute Gasteiger partial charge is 0.123 e. The third-order valence-electron chi connectivity index (χ3n) is 5.05. The molecule has 0 radical (unpaired) electrons. The quantitative estimate of drug-likeness (QED) is 0.919. The summed E-state index contributed by atoms with van der Waals surface area (Å²) in [6, 6.07) is 5.04. The molecule has 2 aliphatic heterocycles. The number of methoxy groups -OCH3 is 1. The molecule has 4 nitrogen and oxygen atoms in total. The zero-order valence-electron chi connectivity index (χ0n) is 13.5. The van der Waals surface area contributed by atoms with Crippen molar-refractivity contribution in [2.45, 2.75) is 31.8 Å². The van der Waals surface area contributed by atoms with Crippen LogP contribution in [0.4, 0.5) is 5.69 Å². The SMILES string of the molecule is COc1ccc(N(C)C2CCN(C)CC2)c2c1CNCC2. The minimum absolute atomic E-state index is 0.661. The molecule has 116 valence electrons. The maximum absolute atomic E-state index is 5.54. The van der Waals surface area contributed by atoms with Gasteiger partial charge in [-0.3, -0.25) is 0 Å². The molecule has 0 aliphatic carbocycles. The highest BCUT2D eigenvalue weighted by atomic mass is 16.5. The first-order valence-corrected chi connectivity index (χ1v) is 8.01. The van der Waals surface area contributed by atoms with E-state index < -0.39 is 0 Å². The zero-order chi connectivity index (χ0) is 14.8. The number of rotatable bonds is 3. The van der Waals surface area contributed by atoms with E-state index in [-0.39, 0.29) is 0 Å². The Kier molecular flexibility index (Phi) is 4.36. The molecule has 1 saturated heterocycles. The van der Waals surface area contributed by atoms with Gasteiger partial charge in [-0.15, -0.1) is 0 Å². The number of piperidine rings is 1. The van der Waals surface area contributed by atoms with Crippen molar-refractivity contribution in [1.82, 2.24) is 10.2 Å². The summed E-state index contributed by atoms with van der Waals surface area (Å²) < 4.78 is 5.54. The Balaban J connectivity index is 1.87. The number of benzene rings is 1. The summed E-state index contributed by atoms with van der Waals surface area (Å²) in [7, 11) is 6.25. The molecule has 0 atom stereocenters. The summed E-state index contributed by atoms with van der Waals surface area (Å²) in [5.41, 5.74) is 4.23. The molecule has 2 aliphatic rings. The fraction of sp³-hybridized carbons (Fsp3) is 0.647. The number of nitrogens with one attached hydrogen (secondary N) is 1. The standard InChI is InChI=1S/C17H27N3O/c1-19-10-7-13(8-11-19)20(2)16-4-5-17(21-3)15-12-18-9-6-14(15)16/h4-5,13,18H,6-12H2,1-3H3. The molecule has 1 N–H and O–H groups in total. The third-order valence-corrected chi connectivity index (χ3v) is 5.05. The average Bonchev–Trinajstić information content (AvgIpc) is 2.54. The van der Waals surface area contributed by atoms with E-state index in [1.165, 1.54) is 42.7 Å². The van der Waals surface area contributed by atoms with Crippen molar-refractivity contribution in [2.75, 3.05) is 45.7 Å². The Bertz CT molecular complexity index is 495. The highest BCUT2D eigenvalue weighted by Gasteiger charge is 2.25. The van der Waals surface area contributed by atoms with Crippen molar-refractivity contribution in [2.24, 2.45) is 0 Å². The van der Waals surface area contributed by atoms with Gasteiger partial charge >= 0.3 is 0 Å². The molecular formula is C17H27N3O. The van der Waals surface area contributed by atoms with Crippen molar-refractivity contribution in [3.63, 3.8) is 0 Å². The summed E-state index contributed by atoms with van der Waals surface area (Å²) in [5.74, 6) is 1.03. The van der Waals surface area contributed by atoms with E-state index in [0.29, 0.717) is 6.04 Å². The zero-order valence-corrected chi connectivity index (χ0v) is 13.5. The Morgan fingerprint density at radius 3 is 2.71 bits per heavy atom. The molecular weight excluding hydrogens is 262 g/mol. The summed E-state index contributed by atoms with van der Waals surface area (Å²) in [4.78, 5) is 4.94. The normalized spacial score (nSPS) is 20.1. The summed E-state index contributed by atoms with van der Waals surface area (Å²) in [5, 5.41) is 3.46. The van der Waals surface area contributed by atoms with Gasteiger partial charge in [-0.25, -0.2) is 0 Å². The fourth-order valence-electron chi connectivity index (χ4n) is 3.66. The van der Waals surface area contributed by atoms with Gasteiger partial charge in [0.1, 0.15) is 5.75 Å². The Hall–Kier alpha value is -1.26. The van der Waals surface area contributed by atoms with Gasteiger partial charge in [-0.05, 0) is 63.6 Å². The first kappa shape index (κ1) is 14.7. The highest BCUT2D eigenvalue weighted by Crippen LogP contribution is 2.34. The lowest BCUT2D eigenvalue weighted by Gasteiger charge is -2.38. The van der Waals surface area contributed by atoms with E-state index in [4.69, 9.17) is 4.74 Å². The lowest BCUT2D eigenvalue weighted by Crippen LogP contribution is -2.42. The topological polar surface area (TPSA) is 27.7 Å². The van der Waals surface area contributed by atoms with Gasteiger partial charge in [0.2, 0.25) is 0 Å². The average molecular weight is 289 g/mol. The predicted molar refractivity (Wildman–Crippen MR) is 87.3 cm³/mol. The number of likely N-dealkylation sites (tertiary alicyclic amines) is 1. The lowest BCUT2D eigenvalue weighted by molar-refractivity contribution is 0.252. The summed E-state index contributed by atoms with van der Waals surface area (Å²) in [6.07, 6.45) is 3.61. The van der Waals surface area contributed by atoms with Crippen LogP contribution in [0.25, 0.3) is 0 Å². The van der Waals surface area contributed by atoms with Crippen LogP contribution in [0, 0.1) is 0 Å². The Morgan fingerprint density at radius 2 is 2.00 bits per heavy atom. The van der Waals surface area contributed by atoms with Gasteiger partial charge in [0.05, 0.1) is 7.11 Å². The number of fused-ring (bicyclic) bond motifs is 1. The van der Waals surface area contributed by atoms with E-state index in [2.05, 4.69) is 41.3 Å². The molecule has 0 aromatic heterocycles. The van der Waals surface area contributed by atoms with Gasteiger partial charge < -0.3 is 19.9 Å². The second-order valence-electron chi connectivity index (χ2n) is 6.32. The van der Waals surface area contributed by atoms with Crippen LogP contribution in [0.15, 0.2) is 12.1 Å². The van der Waals surface area contributed by atoms with Gasteiger partial charge in [0.15, 0.2) is 0 Å². The maximum atomic E-state index is 5.54. The van der Waals surface area contributed by atoms with Crippen LogP contribution in [0.1, 0.15) is 24.0 Å². The van der Waals surface area contributed by atoms with Crippen molar-refractivity contribution in [3.8, 4) is 5.75 Å². The van der Waals surface area contributed by atoms with Crippen molar-refractivity contribution in [3.05, 3.63) is 23.3 Å². The summed E-state index contributed by atoms with van der Waals surface area (Å²) >= 11 is 0. The number of anilines is 1. The highest BCUT2D eigenvalue weighted by molar-refractivity contribution is 5.62. The molecule has 21 heavy (non-hydrogen) atoms. The first-order chi connectivity index (χ1) is 10.2. The van der Waals surface area contributed by atoms with E-state index in [1.807, 2.05) is 0 Å². The summed E-state index contributed by atoms with van der Waals surface area (Å²) in [6.45, 7) is 4.39. The van der Waals surface area contributed by atoms with Crippen LogP contribution in [0.2, 0.25) is 0 Å². The van der Waals surface area contributed by atoms with Gasteiger partial charge in [-0.1, -0.05) is 0 Å². The van der Waals surface area contributed by atoms with E-state index in [1.54, 1.807) is 7.11 Å². The van der Waals surface area contributed by atoms with Gasteiger partial charge in [-0.2, -0.15) is 0 Å². The number of nitrogens with zero attached hydrogens (tertiary/aromatic N) is 2. The van der Waals surface area contributed by atoms with Crippen LogP contribution >= 0.6 is 0 Å². The predicted octanol–water partition coefficient (Wildman–Crippen LogP) is 1.87. The van der Waals surface area contributed by atoms with Gasteiger partial charge in [0.25, 0.3) is 0 Å². The molecule has 0 amide bonds. The van der Waals surface area contributed by atoms with E-state index in [0.717, 1.165) is 25.3 Å². The first-order valence-electron chi connectivity index (χ1n) is 8.01. The molecule has 1 aromatic rings. The van der Waals surface area contributed by atoms with Crippen LogP contribution in [0.3, 0.4) is 0 Å². The van der Waals surface area contributed by atoms with Crippen LogP contribution in [0.5, 0.6) is 5.75 Å². The lowest BCUT2D eigenvalue weighted by atomic mass is 9.95. The molecule has 2 heterocycles. The van der Waals surface area contributed by atoms with Crippen LogP contribution in [-0.4, -0.2) is 51.8 Å². The van der Waals surface area contributed by atoms with Crippen molar-refractivity contribution >= 4 is 5.69 Å². The van der Waals surface area contributed by atoms with Crippen LogP contribution < -0.4 is 15.0 Å². The number of hydrogen-bond acceptors (Lipinski definition) is 4. The van der Waals surface area contributed by atoms with Crippen LogP contribution in [-0.2, 0) is 13.0 Å². The maximum Gasteiger partial charge on any atom is 0.123 e. The fourth-order valence-corrected chi connectivity index (χ4v) is 3.66. The second-order valence-corrected chi connectivity index (χ2v) is 6.32. The molecule has 0 bridgehead atoms. The molecule has 4 heteroatoms. The Morgan fingerprint density at radius 1 is 1.24 bits per heavy atom. The molecule has 0 saturated carbocycles. The molecule has 0 spiro atoms. The van der Waals surface area contributed by atoms with E-state index >= 15 is 0 Å². The Labute approximate surface area is 128 Å². The number of ether oxygens (including phenoxy) is 1. The second kappa shape index (κ2) is 6.24.